The Morgan fingerprint density at radius 2 is 1.75 bits per heavy atom. The predicted molar refractivity (Wildman–Crippen MR) is 85.8 cm³/mol. The summed E-state index contributed by atoms with van der Waals surface area (Å²) in [7, 11) is -3.99. The van der Waals surface area contributed by atoms with Crippen molar-refractivity contribution in [3.05, 3.63) is 60.2 Å². The molecule has 1 unspecified atom stereocenters. The maximum atomic E-state index is 13.1. The number of benzene rings is 2. The second kappa shape index (κ2) is 7.50. The fraction of sp³-hybridized carbons (Fsp3) is 0.188. The number of halogens is 2. The highest BCUT2D eigenvalue weighted by Gasteiger charge is 2.24. The quantitative estimate of drug-likeness (QED) is 0.837. The maximum Gasteiger partial charge on any atom is 0.242 e. The van der Waals surface area contributed by atoms with Crippen LogP contribution in [0.15, 0.2) is 53.4 Å². The normalized spacial score (nSPS) is 12.6. The summed E-state index contributed by atoms with van der Waals surface area (Å²) in [5.41, 5.74) is 0.222. The Labute approximate surface area is 138 Å². The monoisotopic (exact) mass is 354 g/mol. The second-order valence-corrected chi connectivity index (χ2v) is 6.75. The average molecular weight is 354 g/mol. The summed E-state index contributed by atoms with van der Waals surface area (Å²) >= 11 is 0. The third kappa shape index (κ3) is 4.59. The molecule has 0 saturated heterocycles. The van der Waals surface area contributed by atoms with Crippen molar-refractivity contribution in [1.29, 1.82) is 0 Å². The largest absolute Gasteiger partial charge is 0.325 e. The van der Waals surface area contributed by atoms with Gasteiger partial charge in [-0.3, -0.25) is 4.79 Å². The van der Waals surface area contributed by atoms with Gasteiger partial charge in [0.1, 0.15) is 17.7 Å². The first-order valence-electron chi connectivity index (χ1n) is 7.16. The Bertz CT molecular complexity index is 823. The zero-order chi connectivity index (χ0) is 17.7. The van der Waals surface area contributed by atoms with E-state index in [0.29, 0.717) is 0 Å². The van der Waals surface area contributed by atoms with Crippen molar-refractivity contribution in [2.75, 3.05) is 5.32 Å². The Kier molecular flexibility index (Phi) is 5.63. The van der Waals surface area contributed by atoms with Crippen LogP contribution in [0, 0.1) is 11.6 Å². The molecule has 2 N–H and O–H groups in total. The number of hydrogen-bond acceptors (Lipinski definition) is 3. The molecule has 2 rings (SSSR count). The van der Waals surface area contributed by atoms with Crippen LogP contribution in [-0.2, 0) is 14.8 Å². The van der Waals surface area contributed by atoms with Crippen LogP contribution < -0.4 is 10.0 Å². The molecule has 1 atom stereocenters. The molecule has 5 nitrogen and oxygen atoms in total. The lowest BCUT2D eigenvalue weighted by Crippen LogP contribution is -2.43. The first-order chi connectivity index (χ1) is 11.3. The van der Waals surface area contributed by atoms with Gasteiger partial charge in [-0.05, 0) is 48.9 Å². The third-order valence-electron chi connectivity index (χ3n) is 3.24. The van der Waals surface area contributed by atoms with Gasteiger partial charge in [-0.2, -0.15) is 4.72 Å². The van der Waals surface area contributed by atoms with Crippen LogP contribution in [-0.4, -0.2) is 20.4 Å². The average Bonchev–Trinajstić information content (AvgIpc) is 2.53. The summed E-state index contributed by atoms with van der Waals surface area (Å²) in [6.45, 7) is 1.63. The lowest BCUT2D eigenvalue weighted by atomic mass is 10.2. The summed E-state index contributed by atoms with van der Waals surface area (Å²) in [5.74, 6) is -1.70. The summed E-state index contributed by atoms with van der Waals surface area (Å²) in [6.07, 6.45) is 0.182. The van der Waals surface area contributed by atoms with Gasteiger partial charge in [0.15, 0.2) is 0 Å². The fourth-order valence-electron chi connectivity index (χ4n) is 1.99. The molecule has 0 fully saturated rings. The molecular formula is C16H16F2N2O3S. The highest BCUT2D eigenvalue weighted by molar-refractivity contribution is 7.89. The number of rotatable bonds is 6. The topological polar surface area (TPSA) is 75.3 Å². The van der Waals surface area contributed by atoms with E-state index >= 15 is 0 Å². The lowest BCUT2D eigenvalue weighted by molar-refractivity contribution is -0.117. The summed E-state index contributed by atoms with van der Waals surface area (Å²) in [6, 6.07) is 8.46. The molecule has 0 bridgehead atoms. The van der Waals surface area contributed by atoms with Crippen LogP contribution >= 0.6 is 0 Å². The molecule has 8 heteroatoms. The van der Waals surface area contributed by atoms with Gasteiger partial charge >= 0.3 is 0 Å². The van der Waals surface area contributed by atoms with E-state index < -0.39 is 33.6 Å². The summed E-state index contributed by atoms with van der Waals surface area (Å²) in [5, 5.41) is 2.45. The molecule has 0 aliphatic rings. The van der Waals surface area contributed by atoms with Gasteiger partial charge in [-0.1, -0.05) is 13.0 Å². The number of carbonyl (C=O) groups excluding carboxylic acids is 1. The molecular weight excluding hydrogens is 338 g/mol. The minimum absolute atomic E-state index is 0.152. The Balaban J connectivity index is 2.13. The van der Waals surface area contributed by atoms with E-state index in [2.05, 4.69) is 10.0 Å². The van der Waals surface area contributed by atoms with E-state index in [1.54, 1.807) is 6.92 Å². The molecule has 0 spiro atoms. The van der Waals surface area contributed by atoms with E-state index in [-0.39, 0.29) is 17.0 Å². The fourth-order valence-corrected chi connectivity index (χ4v) is 3.27. The van der Waals surface area contributed by atoms with Crippen LogP contribution in [0.2, 0.25) is 0 Å². The molecule has 2 aromatic rings. The summed E-state index contributed by atoms with van der Waals surface area (Å²) in [4.78, 5) is 12.0. The van der Waals surface area contributed by atoms with Crippen LogP contribution in [0.25, 0.3) is 0 Å². The predicted octanol–water partition coefficient (Wildman–Crippen LogP) is 2.66. The highest BCUT2D eigenvalue weighted by Crippen LogP contribution is 2.13. The van der Waals surface area contributed by atoms with Crippen LogP contribution in [0.3, 0.4) is 0 Å². The molecule has 1 amide bonds. The number of anilines is 1. The van der Waals surface area contributed by atoms with Crippen molar-refractivity contribution >= 4 is 21.6 Å². The van der Waals surface area contributed by atoms with Gasteiger partial charge in [-0.25, -0.2) is 17.2 Å². The van der Waals surface area contributed by atoms with Gasteiger partial charge in [0, 0.05) is 5.69 Å². The first kappa shape index (κ1) is 18.0. The molecule has 0 heterocycles. The molecule has 0 saturated carbocycles. The molecule has 0 aliphatic heterocycles. The zero-order valence-electron chi connectivity index (χ0n) is 12.8. The van der Waals surface area contributed by atoms with E-state index in [9.17, 15) is 22.0 Å². The Morgan fingerprint density at radius 3 is 2.33 bits per heavy atom. The van der Waals surface area contributed by atoms with Crippen LogP contribution in [0.1, 0.15) is 13.3 Å². The van der Waals surface area contributed by atoms with Crippen molar-refractivity contribution < 1.29 is 22.0 Å². The lowest BCUT2D eigenvalue weighted by Gasteiger charge is -2.17. The second-order valence-electron chi connectivity index (χ2n) is 5.04. The maximum absolute atomic E-state index is 13.1. The van der Waals surface area contributed by atoms with E-state index in [4.69, 9.17) is 0 Å². The van der Waals surface area contributed by atoms with Gasteiger partial charge in [0.2, 0.25) is 15.9 Å². The van der Waals surface area contributed by atoms with Crippen LogP contribution in [0.4, 0.5) is 14.5 Å². The standard InChI is InChI=1S/C16H16F2N2O3S/c1-2-15(16(21)19-13-5-3-4-12(18)10-13)20-24(22,23)14-8-6-11(17)7-9-14/h3-10,15,20H,2H2,1H3,(H,19,21). The van der Waals surface area contributed by atoms with Crippen molar-refractivity contribution in [1.82, 2.24) is 4.72 Å². The van der Waals surface area contributed by atoms with Crippen molar-refractivity contribution in [2.24, 2.45) is 0 Å². The molecule has 2 aromatic carbocycles. The van der Waals surface area contributed by atoms with Gasteiger partial charge in [0.25, 0.3) is 0 Å². The smallest absolute Gasteiger partial charge is 0.242 e. The van der Waals surface area contributed by atoms with Crippen molar-refractivity contribution in [3.8, 4) is 0 Å². The van der Waals surface area contributed by atoms with Gasteiger partial charge < -0.3 is 5.32 Å². The SMILES string of the molecule is CCC(NS(=O)(=O)c1ccc(F)cc1)C(=O)Nc1cccc(F)c1. The zero-order valence-corrected chi connectivity index (χ0v) is 13.6. The Morgan fingerprint density at radius 1 is 1.08 bits per heavy atom. The van der Waals surface area contributed by atoms with Gasteiger partial charge in [-0.15, -0.1) is 0 Å². The molecule has 0 aliphatic carbocycles. The molecule has 0 aromatic heterocycles. The van der Waals surface area contributed by atoms with E-state index in [0.717, 1.165) is 30.3 Å². The minimum Gasteiger partial charge on any atom is -0.325 e. The highest BCUT2D eigenvalue weighted by atomic mass is 32.2. The molecule has 0 radical (unpaired) electrons. The number of nitrogens with one attached hydrogen (secondary N) is 2. The summed E-state index contributed by atoms with van der Waals surface area (Å²) < 4.78 is 52.8. The van der Waals surface area contributed by atoms with Crippen LogP contribution in [0.5, 0.6) is 0 Å². The molecule has 24 heavy (non-hydrogen) atoms. The minimum atomic E-state index is -3.99. The Hall–Kier alpha value is -2.32. The van der Waals surface area contributed by atoms with E-state index in [1.165, 1.54) is 18.2 Å². The van der Waals surface area contributed by atoms with E-state index in [1.807, 2.05) is 0 Å². The first-order valence-corrected chi connectivity index (χ1v) is 8.64. The third-order valence-corrected chi connectivity index (χ3v) is 4.73. The van der Waals surface area contributed by atoms with Crippen molar-refractivity contribution in [3.63, 3.8) is 0 Å². The number of sulfonamides is 1. The van der Waals surface area contributed by atoms with Crippen molar-refractivity contribution in [2.45, 2.75) is 24.3 Å². The van der Waals surface area contributed by atoms with Gasteiger partial charge in [0.05, 0.1) is 4.90 Å². The number of hydrogen-bond donors (Lipinski definition) is 2. The number of amides is 1. The number of carbonyl (C=O) groups is 1. The molecule has 128 valence electrons.